The van der Waals surface area contributed by atoms with Crippen molar-refractivity contribution in [2.45, 2.75) is 6.04 Å². The minimum Gasteiger partial charge on any atom is -0.480 e. The molecule has 0 fully saturated rings. The van der Waals surface area contributed by atoms with Gasteiger partial charge < -0.3 is 15.3 Å². The fourth-order valence-corrected chi connectivity index (χ4v) is 1.75. The fraction of sp³-hybridized carbons (Fsp3) is 0.300. The highest BCUT2D eigenvalue weighted by Crippen LogP contribution is 2.03. The van der Waals surface area contributed by atoms with Crippen LogP contribution >= 0.6 is 11.8 Å². The molecule has 0 aromatic carbocycles. The molecule has 1 rings (SSSR count). The number of furan rings is 1. The van der Waals surface area contributed by atoms with E-state index < -0.39 is 23.8 Å². The van der Waals surface area contributed by atoms with E-state index >= 15 is 0 Å². The summed E-state index contributed by atoms with van der Waals surface area (Å²) in [4.78, 5) is 33.1. The minimum atomic E-state index is -1.13. The molecule has 98 valence electrons. The Morgan fingerprint density at radius 2 is 2.22 bits per heavy atom. The van der Waals surface area contributed by atoms with E-state index in [1.807, 2.05) is 0 Å². The van der Waals surface area contributed by atoms with E-state index in [1.54, 1.807) is 0 Å². The van der Waals surface area contributed by atoms with Gasteiger partial charge in [-0.2, -0.15) is 0 Å². The Kier molecular flexibility index (Phi) is 5.40. The number of amides is 2. The minimum absolute atomic E-state index is 0.0376. The van der Waals surface area contributed by atoms with E-state index in [9.17, 15) is 14.4 Å². The number of carbonyl (C=O) groups excluding carboxylic acids is 2. The molecular weight excluding hydrogens is 260 g/mol. The van der Waals surface area contributed by atoms with E-state index in [0.29, 0.717) is 0 Å². The molecule has 18 heavy (non-hydrogen) atoms. The highest BCUT2D eigenvalue weighted by atomic mass is 32.2. The van der Waals surface area contributed by atoms with Gasteiger partial charge in [-0.05, 0) is 12.1 Å². The van der Waals surface area contributed by atoms with Crippen molar-refractivity contribution >= 4 is 29.5 Å². The Bertz CT molecular complexity index is 431. The molecule has 0 spiro atoms. The summed E-state index contributed by atoms with van der Waals surface area (Å²) >= 11 is 1.04. The summed E-state index contributed by atoms with van der Waals surface area (Å²) in [5.41, 5.74) is 5.25. The Hall–Kier alpha value is -1.80. The monoisotopic (exact) mass is 272 g/mol. The van der Waals surface area contributed by atoms with Gasteiger partial charge >= 0.3 is 5.97 Å². The second-order valence-electron chi connectivity index (χ2n) is 3.31. The van der Waals surface area contributed by atoms with Gasteiger partial charge in [-0.3, -0.25) is 19.7 Å². The highest BCUT2D eigenvalue weighted by molar-refractivity contribution is 8.00. The molecule has 1 atom stereocenters. The maximum atomic E-state index is 11.4. The lowest BCUT2D eigenvalue weighted by Crippen LogP contribution is -2.35. The quantitative estimate of drug-likeness (QED) is 0.648. The van der Waals surface area contributed by atoms with Crippen molar-refractivity contribution in [3.05, 3.63) is 24.2 Å². The van der Waals surface area contributed by atoms with Crippen LogP contribution in [0.5, 0.6) is 0 Å². The lowest BCUT2D eigenvalue weighted by atomic mass is 10.4. The normalized spacial score (nSPS) is 11.8. The van der Waals surface area contributed by atoms with Crippen molar-refractivity contribution in [3.8, 4) is 0 Å². The smallest absolute Gasteiger partial charge is 0.321 e. The van der Waals surface area contributed by atoms with Crippen molar-refractivity contribution in [2.75, 3.05) is 11.5 Å². The average molecular weight is 272 g/mol. The molecule has 4 N–H and O–H groups in total. The van der Waals surface area contributed by atoms with Crippen LogP contribution < -0.4 is 11.1 Å². The number of thioether (sulfide) groups is 1. The number of carboxylic acids is 1. The largest absolute Gasteiger partial charge is 0.480 e. The molecule has 0 saturated carbocycles. The lowest BCUT2D eigenvalue weighted by Gasteiger charge is -2.05. The Morgan fingerprint density at radius 1 is 1.50 bits per heavy atom. The van der Waals surface area contributed by atoms with Crippen LogP contribution in [-0.2, 0) is 9.59 Å². The number of hydrogen-bond donors (Lipinski definition) is 3. The third kappa shape index (κ3) is 4.60. The number of carboxylic acid groups (broad SMARTS) is 1. The van der Waals surface area contributed by atoms with Crippen LogP contribution in [0, 0.1) is 0 Å². The van der Waals surface area contributed by atoms with Crippen LogP contribution in [0.4, 0.5) is 0 Å². The predicted octanol–water partition coefficient (Wildman–Crippen LogP) is -0.319. The van der Waals surface area contributed by atoms with Crippen molar-refractivity contribution in [3.63, 3.8) is 0 Å². The molecular formula is C10H12N2O5S. The highest BCUT2D eigenvalue weighted by Gasteiger charge is 2.15. The van der Waals surface area contributed by atoms with Crippen LogP contribution in [0.3, 0.4) is 0 Å². The van der Waals surface area contributed by atoms with Crippen molar-refractivity contribution in [1.29, 1.82) is 0 Å². The zero-order chi connectivity index (χ0) is 13.5. The molecule has 1 unspecified atom stereocenters. The molecule has 0 aliphatic heterocycles. The number of imide groups is 1. The first-order valence-corrected chi connectivity index (χ1v) is 6.10. The predicted molar refractivity (Wildman–Crippen MR) is 64.1 cm³/mol. The molecule has 0 radical (unpaired) electrons. The molecule has 0 aliphatic carbocycles. The van der Waals surface area contributed by atoms with Gasteiger partial charge in [-0.1, -0.05) is 0 Å². The molecule has 8 heteroatoms. The summed E-state index contributed by atoms with van der Waals surface area (Å²) in [5.74, 6) is -2.21. The summed E-state index contributed by atoms with van der Waals surface area (Å²) in [6, 6.07) is 1.93. The maximum Gasteiger partial charge on any atom is 0.321 e. The summed E-state index contributed by atoms with van der Waals surface area (Å²) in [5, 5.41) is 10.6. The van der Waals surface area contributed by atoms with Gasteiger partial charge in [0.1, 0.15) is 6.04 Å². The van der Waals surface area contributed by atoms with E-state index in [2.05, 4.69) is 5.32 Å². The summed E-state index contributed by atoms with van der Waals surface area (Å²) in [6.07, 6.45) is 1.32. The number of rotatable bonds is 6. The van der Waals surface area contributed by atoms with Crippen molar-refractivity contribution < 1.29 is 23.9 Å². The summed E-state index contributed by atoms with van der Waals surface area (Å²) in [7, 11) is 0. The lowest BCUT2D eigenvalue weighted by molar-refractivity contribution is -0.138. The first-order chi connectivity index (χ1) is 8.50. The molecule has 7 nitrogen and oxygen atoms in total. The van der Waals surface area contributed by atoms with E-state index in [0.717, 1.165) is 11.8 Å². The summed E-state index contributed by atoms with van der Waals surface area (Å²) in [6.45, 7) is 0. The second kappa shape index (κ2) is 6.82. The van der Waals surface area contributed by atoms with Crippen LogP contribution in [0.1, 0.15) is 10.6 Å². The SMILES string of the molecule is NC(CSCC(=O)NC(=O)c1ccco1)C(=O)O. The molecule has 0 bridgehead atoms. The Morgan fingerprint density at radius 3 is 2.78 bits per heavy atom. The number of aliphatic carboxylic acids is 1. The van der Waals surface area contributed by atoms with Crippen molar-refractivity contribution in [1.82, 2.24) is 5.32 Å². The van der Waals surface area contributed by atoms with E-state index in [1.165, 1.54) is 18.4 Å². The van der Waals surface area contributed by atoms with Gasteiger partial charge in [0, 0.05) is 5.75 Å². The Balaban J connectivity index is 2.26. The van der Waals surface area contributed by atoms with Crippen LogP contribution in [0.15, 0.2) is 22.8 Å². The van der Waals surface area contributed by atoms with Gasteiger partial charge in [0.15, 0.2) is 5.76 Å². The van der Waals surface area contributed by atoms with Gasteiger partial charge in [-0.15, -0.1) is 11.8 Å². The second-order valence-corrected chi connectivity index (χ2v) is 4.34. The third-order valence-electron chi connectivity index (χ3n) is 1.85. The number of nitrogens with one attached hydrogen (secondary N) is 1. The van der Waals surface area contributed by atoms with E-state index in [4.69, 9.17) is 15.3 Å². The maximum absolute atomic E-state index is 11.4. The molecule has 0 saturated heterocycles. The van der Waals surface area contributed by atoms with Crippen LogP contribution in [0.25, 0.3) is 0 Å². The molecule has 0 aliphatic rings. The standard InChI is InChI=1S/C10H12N2O5S/c11-6(10(15)16)4-18-5-8(13)12-9(14)7-2-1-3-17-7/h1-3,6H,4-5,11H2,(H,15,16)(H,12,13,14). The first-order valence-electron chi connectivity index (χ1n) is 4.94. The van der Waals surface area contributed by atoms with Crippen molar-refractivity contribution in [2.24, 2.45) is 5.73 Å². The molecule has 1 aromatic heterocycles. The van der Waals surface area contributed by atoms with Gasteiger partial charge in [0.25, 0.3) is 5.91 Å². The zero-order valence-corrected chi connectivity index (χ0v) is 10.1. The molecule has 1 aromatic rings. The number of nitrogens with two attached hydrogens (primary N) is 1. The average Bonchev–Trinajstić information content (AvgIpc) is 2.81. The van der Waals surface area contributed by atoms with Crippen LogP contribution in [0.2, 0.25) is 0 Å². The van der Waals surface area contributed by atoms with Gasteiger partial charge in [0.2, 0.25) is 5.91 Å². The molecule has 2 amide bonds. The van der Waals surface area contributed by atoms with Gasteiger partial charge in [0.05, 0.1) is 12.0 Å². The number of hydrogen-bond acceptors (Lipinski definition) is 6. The number of carbonyl (C=O) groups is 3. The first kappa shape index (κ1) is 14.3. The topological polar surface area (TPSA) is 123 Å². The fourth-order valence-electron chi connectivity index (χ4n) is 0.982. The Labute approximate surface area is 107 Å². The van der Waals surface area contributed by atoms with Gasteiger partial charge in [-0.25, -0.2) is 0 Å². The molecule has 1 heterocycles. The summed E-state index contributed by atoms with van der Waals surface area (Å²) < 4.78 is 4.80. The zero-order valence-electron chi connectivity index (χ0n) is 9.29. The van der Waals surface area contributed by atoms with E-state index in [-0.39, 0.29) is 17.3 Å². The van der Waals surface area contributed by atoms with Crippen LogP contribution in [-0.4, -0.2) is 40.4 Å². The third-order valence-corrected chi connectivity index (χ3v) is 2.91.